The molecule has 4 nitrogen and oxygen atoms in total. The van der Waals surface area contributed by atoms with Gasteiger partial charge < -0.3 is 15.4 Å². The van der Waals surface area contributed by atoms with Gasteiger partial charge in [0, 0.05) is 18.0 Å². The van der Waals surface area contributed by atoms with Crippen LogP contribution in [0.15, 0.2) is 48.5 Å². The lowest BCUT2D eigenvalue weighted by Gasteiger charge is -2.31. The smallest absolute Gasteiger partial charge is 0.223 e. The summed E-state index contributed by atoms with van der Waals surface area (Å²) in [5.74, 6) is 2.21. The van der Waals surface area contributed by atoms with Gasteiger partial charge >= 0.3 is 0 Å². The SMILES string of the molecule is Cc1ccccc1Oc1ccccc1CNC(=O)C(C)C1CNC1. The molecule has 2 aromatic carbocycles. The normalized spacial score (nSPS) is 15.4. The van der Waals surface area contributed by atoms with E-state index in [2.05, 4.69) is 10.6 Å². The molecule has 0 aromatic heterocycles. The Morgan fingerprint density at radius 1 is 1.17 bits per heavy atom. The highest BCUT2D eigenvalue weighted by Gasteiger charge is 2.28. The summed E-state index contributed by atoms with van der Waals surface area (Å²) < 4.78 is 6.05. The standard InChI is InChI=1S/C20H24N2O2/c1-14-7-3-5-9-18(14)24-19-10-6-4-8-16(19)13-22-20(23)15(2)17-11-21-12-17/h3-10,15,17,21H,11-13H2,1-2H3,(H,22,23). The van der Waals surface area contributed by atoms with Crippen LogP contribution in [-0.2, 0) is 11.3 Å². The third-order valence-corrected chi connectivity index (χ3v) is 4.67. The van der Waals surface area contributed by atoms with E-state index in [0.717, 1.165) is 35.7 Å². The number of rotatable bonds is 6. The van der Waals surface area contributed by atoms with Crippen LogP contribution >= 0.6 is 0 Å². The van der Waals surface area contributed by atoms with Crippen LogP contribution in [0.4, 0.5) is 0 Å². The zero-order chi connectivity index (χ0) is 16.9. The van der Waals surface area contributed by atoms with Crippen LogP contribution in [0.1, 0.15) is 18.1 Å². The summed E-state index contributed by atoms with van der Waals surface area (Å²) in [7, 11) is 0. The Labute approximate surface area is 143 Å². The Balaban J connectivity index is 1.66. The molecule has 2 aromatic rings. The molecule has 1 saturated heterocycles. The molecule has 3 rings (SSSR count). The van der Waals surface area contributed by atoms with Crippen LogP contribution in [0.2, 0.25) is 0 Å². The van der Waals surface area contributed by atoms with Gasteiger partial charge in [-0.05, 0) is 43.6 Å². The lowest BCUT2D eigenvalue weighted by molar-refractivity contribution is -0.126. The second-order valence-corrected chi connectivity index (χ2v) is 6.40. The molecule has 0 saturated carbocycles. The van der Waals surface area contributed by atoms with Crippen molar-refractivity contribution in [3.63, 3.8) is 0 Å². The molecule has 1 atom stereocenters. The summed E-state index contributed by atoms with van der Waals surface area (Å²) in [6.45, 7) is 6.36. The van der Waals surface area contributed by atoms with E-state index in [0.29, 0.717) is 12.5 Å². The minimum atomic E-state index is 0.0377. The second kappa shape index (κ2) is 7.49. The lowest BCUT2D eigenvalue weighted by Crippen LogP contribution is -2.49. The van der Waals surface area contributed by atoms with E-state index >= 15 is 0 Å². The molecule has 0 aliphatic carbocycles. The van der Waals surface area contributed by atoms with Gasteiger partial charge in [-0.3, -0.25) is 4.79 Å². The maximum atomic E-state index is 12.3. The maximum absolute atomic E-state index is 12.3. The highest BCUT2D eigenvalue weighted by Crippen LogP contribution is 2.27. The number of hydrogen-bond acceptors (Lipinski definition) is 3. The van der Waals surface area contributed by atoms with Crippen LogP contribution < -0.4 is 15.4 Å². The highest BCUT2D eigenvalue weighted by molar-refractivity contribution is 5.78. The third-order valence-electron chi connectivity index (χ3n) is 4.67. The lowest BCUT2D eigenvalue weighted by atomic mass is 9.88. The van der Waals surface area contributed by atoms with Crippen molar-refractivity contribution >= 4 is 5.91 Å². The number of hydrogen-bond donors (Lipinski definition) is 2. The third kappa shape index (κ3) is 3.77. The first-order valence-corrected chi connectivity index (χ1v) is 8.45. The number of carbonyl (C=O) groups is 1. The average Bonchev–Trinajstić information content (AvgIpc) is 2.54. The molecule has 1 aliphatic rings. The van der Waals surface area contributed by atoms with Gasteiger partial charge in [0.15, 0.2) is 0 Å². The molecule has 1 fully saturated rings. The molecule has 2 N–H and O–H groups in total. The Morgan fingerprint density at radius 2 is 1.83 bits per heavy atom. The average molecular weight is 324 g/mol. The van der Waals surface area contributed by atoms with Crippen molar-refractivity contribution in [1.82, 2.24) is 10.6 Å². The van der Waals surface area contributed by atoms with E-state index in [1.165, 1.54) is 0 Å². The fourth-order valence-corrected chi connectivity index (χ4v) is 2.76. The van der Waals surface area contributed by atoms with Gasteiger partial charge in [0.2, 0.25) is 5.91 Å². The number of nitrogens with one attached hydrogen (secondary N) is 2. The Morgan fingerprint density at radius 3 is 2.50 bits per heavy atom. The van der Waals surface area contributed by atoms with E-state index in [-0.39, 0.29) is 11.8 Å². The molecule has 1 unspecified atom stereocenters. The minimum absolute atomic E-state index is 0.0377. The highest BCUT2D eigenvalue weighted by atomic mass is 16.5. The summed E-state index contributed by atoms with van der Waals surface area (Å²) in [5.41, 5.74) is 2.07. The quantitative estimate of drug-likeness (QED) is 0.857. The van der Waals surface area contributed by atoms with Crippen molar-refractivity contribution in [2.75, 3.05) is 13.1 Å². The summed E-state index contributed by atoms with van der Waals surface area (Å²) in [5, 5.41) is 6.25. The Bertz CT molecular complexity index is 710. The molecule has 1 aliphatic heterocycles. The minimum Gasteiger partial charge on any atom is -0.457 e. The van der Waals surface area contributed by atoms with Crippen molar-refractivity contribution in [2.24, 2.45) is 11.8 Å². The van der Waals surface area contributed by atoms with Gasteiger partial charge in [-0.25, -0.2) is 0 Å². The first-order chi connectivity index (χ1) is 11.6. The van der Waals surface area contributed by atoms with Crippen molar-refractivity contribution < 1.29 is 9.53 Å². The van der Waals surface area contributed by atoms with Gasteiger partial charge in [0.1, 0.15) is 11.5 Å². The van der Waals surface area contributed by atoms with Crippen LogP contribution in [0.3, 0.4) is 0 Å². The Kier molecular flexibility index (Phi) is 5.16. The van der Waals surface area contributed by atoms with E-state index in [9.17, 15) is 4.79 Å². The van der Waals surface area contributed by atoms with E-state index < -0.39 is 0 Å². The number of ether oxygens (including phenoxy) is 1. The summed E-state index contributed by atoms with van der Waals surface area (Å²) in [6.07, 6.45) is 0. The molecule has 24 heavy (non-hydrogen) atoms. The fraction of sp³-hybridized carbons (Fsp3) is 0.350. The van der Waals surface area contributed by atoms with Gasteiger partial charge in [-0.2, -0.15) is 0 Å². The molecule has 0 radical (unpaired) electrons. The molecule has 4 heteroatoms. The first kappa shape index (κ1) is 16.5. The number of benzene rings is 2. The predicted molar refractivity (Wildman–Crippen MR) is 95.1 cm³/mol. The summed E-state index contributed by atoms with van der Waals surface area (Å²) in [6, 6.07) is 15.8. The van der Waals surface area contributed by atoms with E-state index in [1.54, 1.807) is 0 Å². The Hall–Kier alpha value is -2.33. The second-order valence-electron chi connectivity index (χ2n) is 6.40. The van der Waals surface area contributed by atoms with Gasteiger partial charge in [0.25, 0.3) is 0 Å². The molecular formula is C20H24N2O2. The zero-order valence-electron chi connectivity index (χ0n) is 14.2. The van der Waals surface area contributed by atoms with Crippen molar-refractivity contribution in [3.05, 3.63) is 59.7 Å². The van der Waals surface area contributed by atoms with E-state index in [1.807, 2.05) is 62.4 Å². The van der Waals surface area contributed by atoms with Crippen molar-refractivity contribution in [3.8, 4) is 11.5 Å². The van der Waals surface area contributed by atoms with Gasteiger partial charge in [-0.1, -0.05) is 43.3 Å². The van der Waals surface area contributed by atoms with Crippen molar-refractivity contribution in [1.29, 1.82) is 0 Å². The molecular weight excluding hydrogens is 300 g/mol. The summed E-state index contributed by atoms with van der Waals surface area (Å²) in [4.78, 5) is 12.3. The molecule has 1 amide bonds. The molecule has 0 bridgehead atoms. The topological polar surface area (TPSA) is 50.4 Å². The van der Waals surface area contributed by atoms with E-state index in [4.69, 9.17) is 4.74 Å². The molecule has 126 valence electrons. The summed E-state index contributed by atoms with van der Waals surface area (Å²) >= 11 is 0. The number of aryl methyl sites for hydroxylation is 1. The molecule has 0 spiro atoms. The first-order valence-electron chi connectivity index (χ1n) is 8.45. The number of carbonyl (C=O) groups excluding carboxylic acids is 1. The zero-order valence-corrected chi connectivity index (χ0v) is 14.2. The van der Waals surface area contributed by atoms with Gasteiger partial charge in [0.05, 0.1) is 0 Å². The molecule has 1 heterocycles. The van der Waals surface area contributed by atoms with Crippen LogP contribution in [0.5, 0.6) is 11.5 Å². The predicted octanol–water partition coefficient (Wildman–Crippen LogP) is 3.26. The number of amides is 1. The van der Waals surface area contributed by atoms with Crippen LogP contribution in [0.25, 0.3) is 0 Å². The van der Waals surface area contributed by atoms with Crippen LogP contribution in [0, 0.1) is 18.8 Å². The van der Waals surface area contributed by atoms with Crippen LogP contribution in [-0.4, -0.2) is 19.0 Å². The van der Waals surface area contributed by atoms with Gasteiger partial charge in [-0.15, -0.1) is 0 Å². The largest absolute Gasteiger partial charge is 0.457 e. The fourth-order valence-electron chi connectivity index (χ4n) is 2.76. The maximum Gasteiger partial charge on any atom is 0.223 e. The monoisotopic (exact) mass is 324 g/mol. The van der Waals surface area contributed by atoms with Crippen molar-refractivity contribution in [2.45, 2.75) is 20.4 Å². The number of para-hydroxylation sites is 2.